The minimum Gasteiger partial charge on any atom is -0.322 e. The molecule has 0 fully saturated rings. The summed E-state index contributed by atoms with van der Waals surface area (Å²) >= 11 is 0. The molecule has 3 heterocycles. The van der Waals surface area contributed by atoms with E-state index in [1.54, 1.807) is 24.5 Å². The molecule has 28 heavy (non-hydrogen) atoms. The van der Waals surface area contributed by atoms with Crippen LogP contribution in [0.2, 0.25) is 0 Å². The predicted octanol–water partition coefficient (Wildman–Crippen LogP) is 2.46. The number of fused-ring (bicyclic) bond motifs is 1. The van der Waals surface area contributed by atoms with Crippen LogP contribution in [0.3, 0.4) is 0 Å². The minimum atomic E-state index is -3.38. The van der Waals surface area contributed by atoms with Gasteiger partial charge in [-0.15, -0.1) is 0 Å². The van der Waals surface area contributed by atoms with Crippen molar-refractivity contribution in [1.82, 2.24) is 19.7 Å². The molecule has 0 spiro atoms. The normalized spacial score (nSPS) is 12.9. The van der Waals surface area contributed by atoms with Gasteiger partial charge in [-0.3, -0.25) is 4.98 Å². The van der Waals surface area contributed by atoms with Crippen molar-refractivity contribution in [3.63, 3.8) is 0 Å². The number of nitrogens with two attached hydrogens (primary N) is 1. The van der Waals surface area contributed by atoms with Crippen LogP contribution in [0.15, 0.2) is 72.0 Å². The molecule has 142 valence electrons. The molecule has 1 atom stereocenters. The highest BCUT2D eigenvalue weighted by Crippen LogP contribution is 2.24. The van der Waals surface area contributed by atoms with Gasteiger partial charge in [0.05, 0.1) is 29.1 Å². The van der Waals surface area contributed by atoms with Crippen molar-refractivity contribution >= 4 is 20.7 Å². The molecule has 8 heteroatoms. The Morgan fingerprint density at radius 3 is 2.71 bits per heavy atom. The summed E-state index contributed by atoms with van der Waals surface area (Å²) in [6, 6.07) is 16.1. The van der Waals surface area contributed by atoms with E-state index in [0.29, 0.717) is 17.8 Å². The molecule has 4 rings (SSSR count). The molecular weight excluding hydrogens is 374 g/mol. The smallest absolute Gasteiger partial charge is 0.192 e. The zero-order valence-corrected chi connectivity index (χ0v) is 16.0. The van der Waals surface area contributed by atoms with Gasteiger partial charge in [-0.1, -0.05) is 24.3 Å². The maximum absolute atomic E-state index is 11.8. The van der Waals surface area contributed by atoms with Crippen molar-refractivity contribution < 1.29 is 8.42 Å². The highest BCUT2D eigenvalue weighted by molar-refractivity contribution is 7.90. The fourth-order valence-electron chi connectivity index (χ4n) is 3.14. The van der Waals surface area contributed by atoms with Crippen LogP contribution in [0.1, 0.15) is 17.4 Å². The summed E-state index contributed by atoms with van der Waals surface area (Å²) in [7, 11) is -3.38. The maximum Gasteiger partial charge on any atom is 0.192 e. The van der Waals surface area contributed by atoms with E-state index in [2.05, 4.69) is 15.1 Å². The largest absolute Gasteiger partial charge is 0.322 e. The van der Waals surface area contributed by atoms with Crippen molar-refractivity contribution in [2.75, 3.05) is 6.26 Å². The molecule has 4 aromatic rings. The molecule has 0 saturated carbocycles. The summed E-state index contributed by atoms with van der Waals surface area (Å²) in [6.07, 6.45) is 4.98. The number of rotatable bonds is 5. The average molecular weight is 393 g/mol. The highest BCUT2D eigenvalue weighted by atomic mass is 32.2. The van der Waals surface area contributed by atoms with E-state index in [9.17, 15) is 8.42 Å². The van der Waals surface area contributed by atoms with Gasteiger partial charge in [-0.2, -0.15) is 5.10 Å². The molecular formula is C20H19N5O2S. The van der Waals surface area contributed by atoms with Crippen LogP contribution in [0.4, 0.5) is 0 Å². The van der Waals surface area contributed by atoms with Gasteiger partial charge in [0.25, 0.3) is 0 Å². The van der Waals surface area contributed by atoms with Gasteiger partial charge in [-0.05, 0) is 30.3 Å². The Bertz CT molecular complexity index is 1250. The molecule has 0 bridgehead atoms. The lowest BCUT2D eigenvalue weighted by Crippen LogP contribution is -2.19. The van der Waals surface area contributed by atoms with Gasteiger partial charge in [0.1, 0.15) is 0 Å². The molecule has 0 aliphatic rings. The number of pyridine rings is 2. The van der Waals surface area contributed by atoms with Crippen LogP contribution >= 0.6 is 0 Å². The van der Waals surface area contributed by atoms with Crippen molar-refractivity contribution in [2.45, 2.75) is 17.5 Å². The van der Waals surface area contributed by atoms with E-state index in [1.165, 1.54) is 6.07 Å². The van der Waals surface area contributed by atoms with E-state index in [4.69, 9.17) is 5.73 Å². The summed E-state index contributed by atoms with van der Waals surface area (Å²) < 4.78 is 25.3. The summed E-state index contributed by atoms with van der Waals surface area (Å²) in [5, 5.41) is 5.55. The van der Waals surface area contributed by atoms with Crippen molar-refractivity contribution in [3.8, 4) is 5.69 Å². The zero-order chi connectivity index (χ0) is 19.7. The molecule has 0 amide bonds. The van der Waals surface area contributed by atoms with Crippen LogP contribution in [0, 0.1) is 0 Å². The number of aromatic nitrogens is 4. The number of benzene rings is 1. The summed E-state index contributed by atoms with van der Waals surface area (Å²) in [4.78, 5) is 8.71. The van der Waals surface area contributed by atoms with Gasteiger partial charge in [0, 0.05) is 30.0 Å². The molecule has 0 aliphatic carbocycles. The van der Waals surface area contributed by atoms with E-state index in [-0.39, 0.29) is 5.03 Å². The SMILES string of the molecule is CS(=O)(=O)c1cccc(C[C@H](N)c2ncccc2-n2ncc3ccccc32)n1. The second-order valence-corrected chi connectivity index (χ2v) is 8.54. The molecule has 0 aliphatic heterocycles. The Kier molecular flexibility index (Phi) is 4.66. The molecule has 1 aromatic carbocycles. The molecule has 7 nitrogen and oxygen atoms in total. The van der Waals surface area contributed by atoms with E-state index >= 15 is 0 Å². The first-order valence-electron chi connectivity index (χ1n) is 8.73. The second kappa shape index (κ2) is 7.14. The standard InChI is InChI=1S/C20H19N5O2S/c1-28(26,27)19-10-4-7-15(24-19)12-16(21)20-18(9-5-11-22-20)25-17-8-3-2-6-14(17)13-23-25/h2-11,13,16H,12,21H2,1H3/t16-/m0/s1. The molecule has 3 aromatic heterocycles. The van der Waals surface area contributed by atoms with Crippen molar-refractivity contribution in [2.24, 2.45) is 5.73 Å². The fourth-order valence-corrected chi connectivity index (χ4v) is 3.75. The molecule has 0 unspecified atom stereocenters. The molecule has 0 saturated heterocycles. The third-order valence-corrected chi connectivity index (χ3v) is 5.45. The summed E-state index contributed by atoms with van der Waals surface area (Å²) in [6.45, 7) is 0. The van der Waals surface area contributed by atoms with Crippen molar-refractivity contribution in [1.29, 1.82) is 0 Å². The Morgan fingerprint density at radius 2 is 1.89 bits per heavy atom. The monoisotopic (exact) mass is 393 g/mol. The van der Waals surface area contributed by atoms with Crippen LogP contribution in [-0.4, -0.2) is 34.4 Å². The van der Waals surface area contributed by atoms with E-state index in [1.807, 2.05) is 41.1 Å². The molecule has 2 N–H and O–H groups in total. The fraction of sp³-hybridized carbons (Fsp3) is 0.150. The van der Waals surface area contributed by atoms with Crippen LogP contribution in [-0.2, 0) is 16.3 Å². The lowest BCUT2D eigenvalue weighted by atomic mass is 10.1. The average Bonchev–Trinajstić information content (AvgIpc) is 3.11. The number of nitrogens with zero attached hydrogens (tertiary/aromatic N) is 4. The first kappa shape index (κ1) is 18.3. The first-order valence-corrected chi connectivity index (χ1v) is 10.6. The van der Waals surface area contributed by atoms with Crippen molar-refractivity contribution in [3.05, 3.63) is 78.4 Å². The Morgan fingerprint density at radius 1 is 1.07 bits per heavy atom. The first-order chi connectivity index (χ1) is 13.4. The van der Waals surface area contributed by atoms with Crippen LogP contribution in [0.5, 0.6) is 0 Å². The van der Waals surface area contributed by atoms with E-state index in [0.717, 1.165) is 22.8 Å². The predicted molar refractivity (Wildman–Crippen MR) is 107 cm³/mol. The van der Waals surface area contributed by atoms with Gasteiger partial charge in [0.2, 0.25) is 0 Å². The molecule has 0 radical (unpaired) electrons. The summed E-state index contributed by atoms with van der Waals surface area (Å²) in [5.74, 6) is 0. The van der Waals surface area contributed by atoms with Gasteiger partial charge in [0.15, 0.2) is 14.9 Å². The third-order valence-electron chi connectivity index (χ3n) is 4.46. The third kappa shape index (κ3) is 3.51. The highest BCUT2D eigenvalue weighted by Gasteiger charge is 2.18. The number of para-hydroxylation sites is 1. The maximum atomic E-state index is 11.8. The topological polar surface area (TPSA) is 104 Å². The number of hydrogen-bond acceptors (Lipinski definition) is 6. The second-order valence-electron chi connectivity index (χ2n) is 6.57. The number of hydrogen-bond donors (Lipinski definition) is 1. The quantitative estimate of drug-likeness (QED) is 0.559. The Balaban J connectivity index is 1.71. The number of sulfone groups is 1. The minimum absolute atomic E-state index is 0.0384. The zero-order valence-electron chi connectivity index (χ0n) is 15.2. The summed E-state index contributed by atoms with van der Waals surface area (Å²) in [5.41, 5.74) is 9.46. The van der Waals surface area contributed by atoms with Gasteiger partial charge in [-0.25, -0.2) is 18.1 Å². The van der Waals surface area contributed by atoms with Crippen LogP contribution < -0.4 is 5.73 Å². The lowest BCUT2D eigenvalue weighted by Gasteiger charge is -2.16. The van der Waals surface area contributed by atoms with Crippen LogP contribution in [0.25, 0.3) is 16.6 Å². The Hall–Kier alpha value is -3.10. The Labute approximate surface area is 162 Å². The van der Waals surface area contributed by atoms with E-state index < -0.39 is 15.9 Å². The van der Waals surface area contributed by atoms with Gasteiger partial charge < -0.3 is 5.73 Å². The lowest BCUT2D eigenvalue weighted by molar-refractivity contribution is 0.596. The van der Waals surface area contributed by atoms with Gasteiger partial charge >= 0.3 is 0 Å².